The van der Waals surface area contributed by atoms with Crippen LogP contribution in [0.5, 0.6) is 0 Å². The third-order valence-electron chi connectivity index (χ3n) is 11.1. The lowest BCUT2D eigenvalue weighted by Gasteiger charge is -2.43. The molecular formula is C51H86O17P2. The number of carbonyl (C=O) groups is 2. The second-order valence-electron chi connectivity index (χ2n) is 17.3. The molecule has 1 saturated carbocycles. The van der Waals surface area contributed by atoms with Gasteiger partial charge in [-0.3, -0.25) is 23.2 Å². The summed E-state index contributed by atoms with van der Waals surface area (Å²) in [5.41, 5.74) is 0. The van der Waals surface area contributed by atoms with Gasteiger partial charge >= 0.3 is 27.6 Å². The molecule has 0 radical (unpaired) electrons. The number of esters is 2. The summed E-state index contributed by atoms with van der Waals surface area (Å²) in [6.07, 6.45) is 32.6. The van der Waals surface area contributed by atoms with Crippen LogP contribution >= 0.6 is 15.6 Å². The highest BCUT2D eigenvalue weighted by molar-refractivity contribution is 7.47. The molecular weight excluding hydrogens is 946 g/mol. The smallest absolute Gasteiger partial charge is 0.462 e. The Kier molecular flexibility index (Phi) is 37.8. The van der Waals surface area contributed by atoms with Gasteiger partial charge < -0.3 is 49.7 Å². The molecule has 0 amide bonds. The second-order valence-corrected chi connectivity index (χ2v) is 19.9. The molecule has 70 heavy (non-hydrogen) atoms. The molecule has 0 aromatic carbocycles. The van der Waals surface area contributed by atoms with E-state index < -0.39 is 89.6 Å². The number of allylic oxidation sites excluding steroid dienone is 13. The topological polar surface area (TPSA) is 276 Å². The number of hydrogen-bond donors (Lipinski definition) is 8. The van der Waals surface area contributed by atoms with Crippen LogP contribution in [-0.4, -0.2) is 114 Å². The Bertz CT molecular complexity index is 1690. The number of rotatable bonds is 41. The van der Waals surface area contributed by atoms with E-state index in [4.69, 9.17) is 18.5 Å². The summed E-state index contributed by atoms with van der Waals surface area (Å²) >= 11 is 0. The Morgan fingerprint density at radius 1 is 0.543 bits per heavy atom. The zero-order chi connectivity index (χ0) is 51.9. The average Bonchev–Trinajstić information content (AvgIpc) is 3.31. The van der Waals surface area contributed by atoms with E-state index in [-0.39, 0.29) is 25.7 Å². The van der Waals surface area contributed by atoms with Crippen LogP contribution in [0.4, 0.5) is 0 Å². The summed E-state index contributed by atoms with van der Waals surface area (Å²) in [4.78, 5) is 54.4. The molecule has 0 saturated heterocycles. The van der Waals surface area contributed by atoms with Crippen molar-refractivity contribution in [2.75, 3.05) is 13.2 Å². The maximum absolute atomic E-state index is 13.0. The number of unbranched alkanes of at least 4 members (excludes halogenated alkanes) is 12. The third kappa shape index (κ3) is 34.5. The molecule has 17 nitrogen and oxygen atoms in total. The molecule has 0 aromatic heterocycles. The van der Waals surface area contributed by atoms with E-state index >= 15 is 0 Å². The van der Waals surface area contributed by atoms with E-state index in [1.54, 1.807) is 18.2 Å². The number of aliphatic hydroxyl groups excluding tert-OH is 5. The van der Waals surface area contributed by atoms with Crippen molar-refractivity contribution in [1.82, 2.24) is 0 Å². The number of hydrogen-bond acceptors (Lipinski definition) is 14. The van der Waals surface area contributed by atoms with E-state index in [9.17, 15) is 58.9 Å². The first-order valence-electron chi connectivity index (χ1n) is 25.2. The van der Waals surface area contributed by atoms with Crippen LogP contribution < -0.4 is 0 Å². The maximum Gasteiger partial charge on any atom is 0.472 e. The fourth-order valence-electron chi connectivity index (χ4n) is 7.14. The van der Waals surface area contributed by atoms with E-state index in [0.717, 1.165) is 77.0 Å². The standard InChI is InChI=1S/C51H86O17P2/c1-3-5-7-9-11-13-15-17-18-19-20-21-22-24-26-28-30-32-34-38-44(53)64-40-43(41-65-70(62,63)68-51-48(57)46(55)47(56)50(49(51)58)67-69(59,60)61)66-45(54)39-35-37-42(52)36-33-31-29-27-25-23-16-14-12-10-8-6-4-2/h6,8,11-14,17-18,23,25,29,31,33,36,42-43,46-52,55-58H,3-5,7,9-10,15-16,19-22,24,26-28,30,32,34-35,37-41H2,1-2H3,(H,62,63)(H2,59,60,61)/b8-6-,13-11-,14-12-,18-17-,25-23-,31-29-,36-33+/t42?,43-,46?,47?,48?,49?,50-,51+/m1/s1. The zero-order valence-electron chi connectivity index (χ0n) is 41.5. The van der Waals surface area contributed by atoms with E-state index in [1.165, 1.54) is 38.5 Å². The number of aliphatic hydroxyl groups is 5. The molecule has 1 aliphatic rings. The Hall–Kier alpha value is -2.86. The highest BCUT2D eigenvalue weighted by atomic mass is 31.2. The minimum atomic E-state index is -5.39. The van der Waals surface area contributed by atoms with Crippen molar-refractivity contribution in [2.45, 2.75) is 210 Å². The number of carbonyl (C=O) groups excluding carboxylic acids is 2. The summed E-state index contributed by atoms with van der Waals surface area (Å²) in [5.74, 6) is -1.42. The van der Waals surface area contributed by atoms with Crippen molar-refractivity contribution in [3.63, 3.8) is 0 Å². The summed E-state index contributed by atoms with van der Waals surface area (Å²) in [5, 5.41) is 51.7. The van der Waals surface area contributed by atoms with Crippen LogP contribution in [-0.2, 0) is 41.8 Å². The van der Waals surface area contributed by atoms with E-state index in [0.29, 0.717) is 6.42 Å². The van der Waals surface area contributed by atoms with Crippen molar-refractivity contribution < 1.29 is 82.0 Å². The molecule has 1 fully saturated rings. The van der Waals surface area contributed by atoms with Gasteiger partial charge in [0.1, 0.15) is 43.2 Å². The van der Waals surface area contributed by atoms with Gasteiger partial charge in [-0.15, -0.1) is 0 Å². The summed E-state index contributed by atoms with van der Waals surface area (Å²) in [7, 11) is -10.8. The van der Waals surface area contributed by atoms with Gasteiger partial charge in [-0.2, -0.15) is 0 Å². The van der Waals surface area contributed by atoms with Crippen LogP contribution in [0.1, 0.15) is 162 Å². The second kappa shape index (κ2) is 40.6. The first-order chi connectivity index (χ1) is 33.5. The summed E-state index contributed by atoms with van der Waals surface area (Å²) in [6, 6.07) is 0. The molecule has 1 rings (SSSR count). The molecule has 6 unspecified atom stereocenters. The van der Waals surface area contributed by atoms with Gasteiger partial charge in [-0.1, -0.05) is 157 Å². The first-order valence-corrected chi connectivity index (χ1v) is 28.3. The number of ether oxygens (including phenoxy) is 2. The lowest BCUT2D eigenvalue weighted by atomic mass is 9.85. The Labute approximate surface area is 416 Å². The number of phosphoric acid groups is 2. The minimum absolute atomic E-state index is 0.0705. The molecule has 0 aliphatic heterocycles. The van der Waals surface area contributed by atoms with Crippen molar-refractivity contribution in [2.24, 2.45) is 0 Å². The van der Waals surface area contributed by atoms with Crippen molar-refractivity contribution >= 4 is 27.6 Å². The van der Waals surface area contributed by atoms with Gasteiger partial charge in [0.15, 0.2) is 6.10 Å². The maximum atomic E-state index is 13.0. The lowest BCUT2D eigenvalue weighted by Crippen LogP contribution is -2.64. The fraction of sp³-hybridized carbons (Fsp3) is 0.686. The van der Waals surface area contributed by atoms with Crippen LogP contribution in [0.2, 0.25) is 0 Å². The Morgan fingerprint density at radius 3 is 1.61 bits per heavy atom. The van der Waals surface area contributed by atoms with Crippen molar-refractivity contribution in [3.05, 3.63) is 85.1 Å². The minimum Gasteiger partial charge on any atom is -0.462 e. The van der Waals surface area contributed by atoms with Gasteiger partial charge in [-0.25, -0.2) is 9.13 Å². The van der Waals surface area contributed by atoms with Crippen LogP contribution in [0.3, 0.4) is 0 Å². The van der Waals surface area contributed by atoms with Crippen molar-refractivity contribution in [1.29, 1.82) is 0 Å². The molecule has 0 bridgehead atoms. The zero-order valence-corrected chi connectivity index (χ0v) is 43.3. The van der Waals surface area contributed by atoms with Gasteiger partial charge in [-0.05, 0) is 77.0 Å². The fourth-order valence-corrected chi connectivity index (χ4v) is 8.68. The van der Waals surface area contributed by atoms with Crippen LogP contribution in [0, 0.1) is 0 Å². The van der Waals surface area contributed by atoms with Gasteiger partial charge in [0.2, 0.25) is 0 Å². The van der Waals surface area contributed by atoms with Crippen LogP contribution in [0.15, 0.2) is 85.1 Å². The third-order valence-corrected chi connectivity index (χ3v) is 12.6. The quantitative estimate of drug-likeness (QED) is 0.00932. The first kappa shape index (κ1) is 65.2. The molecule has 1 aliphatic carbocycles. The van der Waals surface area contributed by atoms with Gasteiger partial charge in [0.25, 0.3) is 0 Å². The van der Waals surface area contributed by atoms with Crippen LogP contribution in [0.25, 0.3) is 0 Å². The molecule has 19 heteroatoms. The Morgan fingerprint density at radius 2 is 1.04 bits per heavy atom. The predicted octanol–water partition coefficient (Wildman–Crippen LogP) is 9.15. The molecule has 402 valence electrons. The summed E-state index contributed by atoms with van der Waals surface area (Å²) < 4.78 is 49.3. The highest BCUT2D eigenvalue weighted by Gasteiger charge is 2.54. The molecule has 0 spiro atoms. The number of phosphoric ester groups is 2. The van der Waals surface area contributed by atoms with Gasteiger partial charge in [0.05, 0.1) is 12.7 Å². The molecule has 0 heterocycles. The lowest BCUT2D eigenvalue weighted by molar-refractivity contribution is -0.216. The molecule has 0 aromatic rings. The van der Waals surface area contributed by atoms with E-state index in [1.807, 2.05) is 12.2 Å². The largest absolute Gasteiger partial charge is 0.472 e. The predicted molar refractivity (Wildman–Crippen MR) is 270 cm³/mol. The van der Waals surface area contributed by atoms with Gasteiger partial charge in [0, 0.05) is 12.8 Å². The molecule has 8 N–H and O–H groups in total. The SMILES string of the molecule is CC/C=C\C/C=C\C/C=C\C/C=C\C=C\C(O)CCCC(=O)O[C@H](COC(=O)CCCCCCCCCCC/C=C\C/C=C\CCCCC)COP(=O)(O)O[C@H]1C(O)C(O)C(O)[C@@H](OP(=O)(O)O)C1O. The Balaban J connectivity index is 2.64. The monoisotopic (exact) mass is 1030 g/mol. The highest BCUT2D eigenvalue weighted by Crippen LogP contribution is 2.49. The summed E-state index contributed by atoms with van der Waals surface area (Å²) in [6.45, 7) is 2.81. The van der Waals surface area contributed by atoms with E-state index in [2.05, 4.69) is 73.1 Å². The normalized spacial score (nSPS) is 22.1. The molecule has 9 atom stereocenters. The average molecular weight is 1030 g/mol. The van der Waals surface area contributed by atoms with Crippen molar-refractivity contribution in [3.8, 4) is 0 Å².